The Morgan fingerprint density at radius 1 is 0.968 bits per heavy atom. The van der Waals surface area contributed by atoms with Crippen molar-refractivity contribution in [2.45, 2.75) is 20.8 Å². The molecule has 162 valence electrons. The molecule has 0 unspecified atom stereocenters. The van der Waals surface area contributed by atoms with Gasteiger partial charge in [-0.1, -0.05) is 24.3 Å². The molecule has 7 nitrogen and oxygen atoms in total. The summed E-state index contributed by atoms with van der Waals surface area (Å²) in [6.07, 6.45) is 1.56. The Morgan fingerprint density at radius 2 is 1.71 bits per heavy atom. The van der Waals surface area contributed by atoms with Gasteiger partial charge in [0.1, 0.15) is 17.8 Å². The van der Waals surface area contributed by atoms with Crippen molar-refractivity contribution in [1.29, 1.82) is 0 Å². The van der Waals surface area contributed by atoms with E-state index >= 15 is 0 Å². The number of anilines is 5. The van der Waals surface area contributed by atoms with E-state index in [1.54, 1.807) is 6.33 Å². The number of aryl methyl sites for hydroxylation is 1. The van der Waals surface area contributed by atoms with E-state index in [0.717, 1.165) is 43.4 Å². The Morgan fingerprint density at radius 3 is 2.48 bits per heavy atom. The van der Waals surface area contributed by atoms with Crippen LogP contribution in [0, 0.1) is 13.8 Å². The molecule has 2 heterocycles. The Balaban J connectivity index is 1.50. The van der Waals surface area contributed by atoms with E-state index in [2.05, 4.69) is 57.1 Å². The zero-order valence-corrected chi connectivity index (χ0v) is 18.4. The molecule has 3 aromatic rings. The number of nitrogens with two attached hydrogens (primary N) is 1. The summed E-state index contributed by atoms with van der Waals surface area (Å²) >= 11 is 0. The summed E-state index contributed by atoms with van der Waals surface area (Å²) in [7, 11) is 0. The van der Waals surface area contributed by atoms with E-state index in [-0.39, 0.29) is 0 Å². The Kier molecular flexibility index (Phi) is 6.11. The lowest BCUT2D eigenvalue weighted by atomic mass is 10.1. The molecule has 7 heteroatoms. The molecule has 1 fully saturated rings. The maximum atomic E-state index is 6.49. The van der Waals surface area contributed by atoms with Crippen LogP contribution in [-0.2, 0) is 0 Å². The van der Waals surface area contributed by atoms with Gasteiger partial charge in [0.2, 0.25) is 0 Å². The van der Waals surface area contributed by atoms with Crippen molar-refractivity contribution in [3.63, 3.8) is 0 Å². The first-order chi connectivity index (χ1) is 15.1. The molecule has 0 radical (unpaired) electrons. The number of para-hydroxylation sites is 2. The number of piperazine rings is 1. The van der Waals surface area contributed by atoms with Crippen LogP contribution in [-0.4, -0.2) is 42.8 Å². The number of hydrogen-bond acceptors (Lipinski definition) is 7. The molecule has 0 saturated carbocycles. The monoisotopic (exact) mass is 418 g/mol. The van der Waals surface area contributed by atoms with Crippen molar-refractivity contribution in [2.75, 3.05) is 53.6 Å². The number of aromatic nitrogens is 2. The fourth-order valence-corrected chi connectivity index (χ4v) is 3.95. The standard InChI is InChI=1S/C24H30N6O/c1-4-31-21-11-6-5-9-19(21)28-23-22(25)24(27-16-26-23)30-14-12-29(13-15-30)20-10-7-8-17(2)18(20)3/h5-11,16H,4,12-15,25H2,1-3H3,(H,26,27,28). The van der Waals surface area contributed by atoms with E-state index in [4.69, 9.17) is 10.5 Å². The zero-order valence-electron chi connectivity index (χ0n) is 18.4. The van der Waals surface area contributed by atoms with Gasteiger partial charge in [-0.3, -0.25) is 0 Å². The minimum absolute atomic E-state index is 0.550. The highest BCUT2D eigenvalue weighted by Gasteiger charge is 2.22. The highest BCUT2D eigenvalue weighted by Crippen LogP contribution is 2.33. The molecular weight excluding hydrogens is 388 g/mol. The predicted octanol–water partition coefficient (Wildman–Crippen LogP) is 4.14. The average Bonchev–Trinajstić information content (AvgIpc) is 2.79. The first kappa shape index (κ1) is 20.8. The average molecular weight is 419 g/mol. The van der Waals surface area contributed by atoms with Gasteiger partial charge in [0, 0.05) is 31.9 Å². The summed E-state index contributed by atoms with van der Waals surface area (Å²) in [6.45, 7) is 10.5. The molecule has 1 aromatic heterocycles. The molecule has 4 rings (SSSR count). The number of benzene rings is 2. The molecule has 1 aliphatic heterocycles. The summed E-state index contributed by atoms with van der Waals surface area (Å²) in [5.74, 6) is 2.13. The molecular formula is C24H30N6O. The second kappa shape index (κ2) is 9.12. The van der Waals surface area contributed by atoms with Crippen LogP contribution in [0.15, 0.2) is 48.8 Å². The molecule has 0 aliphatic carbocycles. The molecule has 31 heavy (non-hydrogen) atoms. The van der Waals surface area contributed by atoms with E-state index in [1.165, 1.54) is 16.8 Å². The summed E-state index contributed by atoms with van der Waals surface area (Å²) in [6, 6.07) is 14.3. The third-order valence-corrected chi connectivity index (χ3v) is 5.80. The number of ether oxygens (including phenoxy) is 1. The maximum absolute atomic E-state index is 6.49. The first-order valence-corrected chi connectivity index (χ1v) is 10.7. The molecule has 1 aliphatic rings. The van der Waals surface area contributed by atoms with E-state index in [0.29, 0.717) is 18.1 Å². The molecule has 1 saturated heterocycles. The van der Waals surface area contributed by atoms with Crippen LogP contribution in [0.4, 0.5) is 28.7 Å². The number of nitrogens with zero attached hydrogens (tertiary/aromatic N) is 4. The molecule has 0 amide bonds. The van der Waals surface area contributed by atoms with Gasteiger partial charge in [-0.15, -0.1) is 0 Å². The van der Waals surface area contributed by atoms with E-state index < -0.39 is 0 Å². The van der Waals surface area contributed by atoms with Gasteiger partial charge in [-0.25, -0.2) is 9.97 Å². The predicted molar refractivity (Wildman–Crippen MR) is 128 cm³/mol. The molecule has 0 bridgehead atoms. The lowest BCUT2D eigenvalue weighted by Gasteiger charge is -2.38. The Hall–Kier alpha value is -3.48. The van der Waals surface area contributed by atoms with Crippen molar-refractivity contribution in [2.24, 2.45) is 0 Å². The van der Waals surface area contributed by atoms with Gasteiger partial charge in [-0.05, 0) is 50.1 Å². The second-order valence-electron chi connectivity index (χ2n) is 7.71. The van der Waals surface area contributed by atoms with Crippen LogP contribution in [0.2, 0.25) is 0 Å². The van der Waals surface area contributed by atoms with Gasteiger partial charge >= 0.3 is 0 Å². The van der Waals surface area contributed by atoms with Gasteiger partial charge < -0.3 is 25.6 Å². The SMILES string of the molecule is CCOc1ccccc1Nc1ncnc(N2CCN(c3cccc(C)c3C)CC2)c1N. The second-order valence-corrected chi connectivity index (χ2v) is 7.71. The summed E-state index contributed by atoms with van der Waals surface area (Å²) in [5.41, 5.74) is 11.9. The summed E-state index contributed by atoms with van der Waals surface area (Å²) in [5, 5.41) is 3.32. The van der Waals surface area contributed by atoms with Gasteiger partial charge in [0.25, 0.3) is 0 Å². The van der Waals surface area contributed by atoms with Crippen molar-refractivity contribution in [1.82, 2.24) is 9.97 Å². The van der Waals surface area contributed by atoms with Crippen molar-refractivity contribution in [3.8, 4) is 5.75 Å². The number of nitrogen functional groups attached to an aromatic ring is 1. The van der Waals surface area contributed by atoms with Crippen LogP contribution in [0.1, 0.15) is 18.1 Å². The fraction of sp³-hybridized carbons (Fsp3) is 0.333. The smallest absolute Gasteiger partial charge is 0.159 e. The van der Waals surface area contributed by atoms with Crippen LogP contribution < -0.4 is 25.6 Å². The van der Waals surface area contributed by atoms with Crippen molar-refractivity contribution >= 4 is 28.7 Å². The topological polar surface area (TPSA) is 79.5 Å². The molecule has 3 N–H and O–H groups in total. The van der Waals surface area contributed by atoms with Gasteiger partial charge in [0.05, 0.1) is 12.3 Å². The Labute approximate surface area is 183 Å². The highest BCUT2D eigenvalue weighted by molar-refractivity contribution is 5.80. The van der Waals surface area contributed by atoms with Crippen LogP contribution >= 0.6 is 0 Å². The lowest BCUT2D eigenvalue weighted by Crippen LogP contribution is -2.47. The minimum atomic E-state index is 0.550. The maximum Gasteiger partial charge on any atom is 0.159 e. The van der Waals surface area contributed by atoms with Crippen molar-refractivity contribution in [3.05, 3.63) is 59.9 Å². The van der Waals surface area contributed by atoms with Gasteiger partial charge in [-0.2, -0.15) is 0 Å². The Bertz CT molecular complexity index is 1050. The quantitative estimate of drug-likeness (QED) is 0.623. The third-order valence-electron chi connectivity index (χ3n) is 5.80. The number of hydrogen-bond donors (Lipinski definition) is 2. The zero-order chi connectivity index (χ0) is 21.8. The first-order valence-electron chi connectivity index (χ1n) is 10.7. The van der Waals surface area contributed by atoms with Crippen LogP contribution in [0.25, 0.3) is 0 Å². The molecule has 2 aromatic carbocycles. The summed E-state index contributed by atoms with van der Waals surface area (Å²) < 4.78 is 5.70. The van der Waals surface area contributed by atoms with Gasteiger partial charge in [0.15, 0.2) is 11.6 Å². The van der Waals surface area contributed by atoms with Crippen LogP contribution in [0.5, 0.6) is 5.75 Å². The molecule has 0 atom stereocenters. The van der Waals surface area contributed by atoms with E-state index in [9.17, 15) is 0 Å². The van der Waals surface area contributed by atoms with Crippen molar-refractivity contribution < 1.29 is 4.74 Å². The van der Waals surface area contributed by atoms with Crippen LogP contribution in [0.3, 0.4) is 0 Å². The van der Waals surface area contributed by atoms with E-state index in [1.807, 2.05) is 31.2 Å². The largest absolute Gasteiger partial charge is 0.492 e. The number of rotatable bonds is 6. The third kappa shape index (κ3) is 4.35. The summed E-state index contributed by atoms with van der Waals surface area (Å²) in [4.78, 5) is 13.5. The molecule has 0 spiro atoms. The lowest BCUT2D eigenvalue weighted by molar-refractivity contribution is 0.342. The fourth-order valence-electron chi connectivity index (χ4n) is 3.95. The number of nitrogens with one attached hydrogen (secondary N) is 1. The highest BCUT2D eigenvalue weighted by atomic mass is 16.5. The normalized spacial score (nSPS) is 13.9. The minimum Gasteiger partial charge on any atom is -0.492 e.